The van der Waals surface area contributed by atoms with Crippen LogP contribution in [-0.2, 0) is 13.7 Å². The molecule has 0 aliphatic carbocycles. The number of aromatic nitrogens is 3. The number of anilines is 2. The minimum Gasteiger partial charge on any atom is -0.346 e. The molecule has 2 aromatic carbocycles. The number of alkyl halides is 1. The van der Waals surface area contributed by atoms with Crippen molar-refractivity contribution in [3.63, 3.8) is 0 Å². The van der Waals surface area contributed by atoms with Gasteiger partial charge in [0.05, 0.1) is 5.52 Å². The first-order valence-corrected chi connectivity index (χ1v) is 10.7. The number of nitrogens with zero attached hydrogens (tertiary/aromatic N) is 2. The molecule has 8 heteroatoms. The van der Waals surface area contributed by atoms with Crippen molar-refractivity contribution < 1.29 is 14.0 Å². The number of carbonyl (C=O) groups is 2. The molecule has 170 valence electrons. The van der Waals surface area contributed by atoms with Gasteiger partial charge in [0, 0.05) is 47.2 Å². The summed E-state index contributed by atoms with van der Waals surface area (Å²) in [5.41, 5.74) is 4.92. The van der Waals surface area contributed by atoms with Gasteiger partial charge < -0.3 is 20.2 Å². The molecule has 0 spiro atoms. The quantitative estimate of drug-likeness (QED) is 0.334. The van der Waals surface area contributed by atoms with Crippen LogP contribution in [0.4, 0.5) is 15.8 Å². The lowest BCUT2D eigenvalue weighted by atomic mass is 10.1. The Hall–Kier alpha value is -4.46. The number of hydrogen-bond donors (Lipinski definition) is 3. The fraction of sp³-hybridized carbons (Fsp3) is 0.115. The molecule has 0 radical (unpaired) electrons. The van der Waals surface area contributed by atoms with E-state index in [9.17, 15) is 14.0 Å². The lowest BCUT2D eigenvalue weighted by molar-refractivity contribution is 0.101. The monoisotopic (exact) mass is 455 g/mol. The van der Waals surface area contributed by atoms with Gasteiger partial charge in [-0.25, -0.2) is 9.37 Å². The highest BCUT2D eigenvalue weighted by Gasteiger charge is 2.17. The molecule has 0 aliphatic heterocycles. The van der Waals surface area contributed by atoms with Gasteiger partial charge in [-0.15, -0.1) is 0 Å². The summed E-state index contributed by atoms with van der Waals surface area (Å²) in [4.78, 5) is 33.3. The van der Waals surface area contributed by atoms with Gasteiger partial charge in [0.2, 0.25) is 0 Å². The van der Waals surface area contributed by atoms with E-state index in [1.807, 2.05) is 42.9 Å². The third-order valence-electron chi connectivity index (χ3n) is 5.90. The number of H-pyrrole nitrogens is 1. The van der Waals surface area contributed by atoms with E-state index in [0.29, 0.717) is 28.2 Å². The summed E-state index contributed by atoms with van der Waals surface area (Å²) in [5, 5.41) is 7.57. The lowest BCUT2D eigenvalue weighted by Gasteiger charge is -2.12. The summed E-state index contributed by atoms with van der Waals surface area (Å²) in [6.07, 6.45) is 3.56. The maximum atomic E-state index is 13.2. The van der Waals surface area contributed by atoms with Crippen molar-refractivity contribution in [2.75, 3.05) is 10.6 Å². The second kappa shape index (κ2) is 8.47. The Morgan fingerprint density at radius 1 is 1.06 bits per heavy atom. The number of amides is 2. The molecule has 0 saturated carbocycles. The van der Waals surface area contributed by atoms with Crippen molar-refractivity contribution in [3.05, 3.63) is 89.4 Å². The molecule has 7 nitrogen and oxygen atoms in total. The lowest BCUT2D eigenvalue weighted by Crippen LogP contribution is -2.17. The standard InChI is InChI=1S/C26H22FN5O2/c1-15-6-7-19(30-25(33)17-5-3-4-16(10-17)13-27)12-21(15)31-26(34)22-11-18-14-29-24-20(8-9-28-24)23(18)32(22)2/h3-12,14H,13H2,1-2H3,(H,28,29)(H,30,33)(H,31,34). The molecule has 3 heterocycles. The molecule has 0 fully saturated rings. The van der Waals surface area contributed by atoms with Crippen LogP contribution in [0.25, 0.3) is 21.9 Å². The fourth-order valence-electron chi connectivity index (χ4n) is 4.09. The molecular weight excluding hydrogens is 433 g/mol. The zero-order chi connectivity index (χ0) is 23.8. The SMILES string of the molecule is Cc1ccc(NC(=O)c2cccc(CF)c2)cc1NC(=O)c1cc2cnc3[nH]ccc3c2n1C. The Bertz CT molecular complexity index is 1570. The largest absolute Gasteiger partial charge is 0.346 e. The third kappa shape index (κ3) is 3.79. The van der Waals surface area contributed by atoms with E-state index in [-0.39, 0.29) is 11.8 Å². The number of aryl methyl sites for hydroxylation is 2. The van der Waals surface area contributed by atoms with E-state index in [1.165, 1.54) is 6.07 Å². The number of pyridine rings is 1. The first kappa shape index (κ1) is 21.4. The minimum atomic E-state index is -0.637. The summed E-state index contributed by atoms with van der Waals surface area (Å²) >= 11 is 0. The van der Waals surface area contributed by atoms with Gasteiger partial charge >= 0.3 is 0 Å². The maximum Gasteiger partial charge on any atom is 0.272 e. The predicted molar refractivity (Wildman–Crippen MR) is 131 cm³/mol. The van der Waals surface area contributed by atoms with Crippen LogP contribution < -0.4 is 10.6 Å². The Kier molecular flexibility index (Phi) is 5.33. The molecule has 0 bridgehead atoms. The van der Waals surface area contributed by atoms with E-state index in [1.54, 1.807) is 36.5 Å². The van der Waals surface area contributed by atoms with Crippen LogP contribution in [0.3, 0.4) is 0 Å². The third-order valence-corrected chi connectivity index (χ3v) is 5.90. The zero-order valence-electron chi connectivity index (χ0n) is 18.6. The van der Waals surface area contributed by atoms with E-state index < -0.39 is 6.67 Å². The molecule has 34 heavy (non-hydrogen) atoms. The molecule has 5 rings (SSSR count). The summed E-state index contributed by atoms with van der Waals surface area (Å²) < 4.78 is 14.8. The van der Waals surface area contributed by atoms with Gasteiger partial charge in [0.25, 0.3) is 11.8 Å². The topological polar surface area (TPSA) is 91.8 Å². The predicted octanol–water partition coefficient (Wildman–Crippen LogP) is 5.34. The fourth-order valence-corrected chi connectivity index (χ4v) is 4.09. The summed E-state index contributed by atoms with van der Waals surface area (Å²) in [5.74, 6) is -0.627. The molecule has 3 aromatic heterocycles. The van der Waals surface area contributed by atoms with Crippen LogP contribution in [0.2, 0.25) is 0 Å². The smallest absolute Gasteiger partial charge is 0.272 e. The number of fused-ring (bicyclic) bond motifs is 3. The Morgan fingerprint density at radius 2 is 1.91 bits per heavy atom. The van der Waals surface area contributed by atoms with E-state index in [4.69, 9.17) is 0 Å². The summed E-state index contributed by atoms with van der Waals surface area (Å²) in [7, 11) is 1.85. The highest BCUT2D eigenvalue weighted by atomic mass is 19.1. The van der Waals surface area contributed by atoms with Crippen LogP contribution in [0.15, 0.2) is 67.0 Å². The van der Waals surface area contributed by atoms with Crippen molar-refractivity contribution in [3.8, 4) is 0 Å². The molecule has 0 aliphatic rings. The van der Waals surface area contributed by atoms with Gasteiger partial charge in [0.15, 0.2) is 0 Å². The summed E-state index contributed by atoms with van der Waals surface area (Å²) in [6.45, 7) is 1.24. The molecule has 3 N–H and O–H groups in total. The van der Waals surface area contributed by atoms with Gasteiger partial charge in [-0.2, -0.15) is 0 Å². The van der Waals surface area contributed by atoms with Gasteiger partial charge in [-0.1, -0.05) is 18.2 Å². The van der Waals surface area contributed by atoms with Gasteiger partial charge in [-0.3, -0.25) is 9.59 Å². The first-order valence-electron chi connectivity index (χ1n) is 10.7. The summed E-state index contributed by atoms with van der Waals surface area (Å²) in [6, 6.07) is 15.4. The second-order valence-electron chi connectivity index (χ2n) is 8.16. The number of nitrogens with one attached hydrogen (secondary N) is 3. The number of halogens is 1. The highest BCUT2D eigenvalue weighted by molar-refractivity contribution is 6.11. The molecular formula is C26H22FN5O2. The molecule has 0 saturated heterocycles. The highest BCUT2D eigenvalue weighted by Crippen LogP contribution is 2.27. The first-order chi connectivity index (χ1) is 16.4. The second-order valence-corrected chi connectivity index (χ2v) is 8.16. The van der Waals surface area contributed by atoms with Crippen LogP contribution in [0.1, 0.15) is 32.0 Å². The Labute approximate surface area is 194 Å². The number of carbonyl (C=O) groups excluding carboxylic acids is 2. The Balaban J connectivity index is 1.40. The zero-order valence-corrected chi connectivity index (χ0v) is 18.6. The maximum absolute atomic E-state index is 13.2. The molecule has 0 unspecified atom stereocenters. The average Bonchev–Trinajstić information content (AvgIpc) is 3.45. The van der Waals surface area contributed by atoms with Crippen LogP contribution in [-0.4, -0.2) is 26.3 Å². The number of benzene rings is 2. The Morgan fingerprint density at radius 3 is 2.74 bits per heavy atom. The van der Waals surface area contributed by atoms with Crippen LogP contribution in [0, 0.1) is 6.92 Å². The number of aromatic amines is 1. The van der Waals surface area contributed by atoms with Crippen molar-refractivity contribution in [2.24, 2.45) is 7.05 Å². The number of hydrogen-bond acceptors (Lipinski definition) is 3. The number of rotatable bonds is 5. The van der Waals surface area contributed by atoms with E-state index in [0.717, 1.165) is 27.5 Å². The molecule has 0 atom stereocenters. The van der Waals surface area contributed by atoms with Gasteiger partial charge in [0.1, 0.15) is 18.0 Å². The average molecular weight is 455 g/mol. The minimum absolute atomic E-state index is 0.274. The van der Waals surface area contributed by atoms with Gasteiger partial charge in [-0.05, 0) is 54.4 Å². The van der Waals surface area contributed by atoms with Crippen molar-refractivity contribution in [1.29, 1.82) is 0 Å². The molecule has 2 amide bonds. The van der Waals surface area contributed by atoms with Crippen LogP contribution >= 0.6 is 0 Å². The van der Waals surface area contributed by atoms with Crippen molar-refractivity contribution in [2.45, 2.75) is 13.6 Å². The van der Waals surface area contributed by atoms with Crippen molar-refractivity contribution >= 4 is 45.1 Å². The van der Waals surface area contributed by atoms with E-state index in [2.05, 4.69) is 20.6 Å². The van der Waals surface area contributed by atoms with E-state index >= 15 is 0 Å². The van der Waals surface area contributed by atoms with Crippen molar-refractivity contribution in [1.82, 2.24) is 14.5 Å². The normalized spacial score (nSPS) is 11.1. The molecule has 5 aromatic rings. The van der Waals surface area contributed by atoms with Crippen LogP contribution in [0.5, 0.6) is 0 Å².